The van der Waals surface area contributed by atoms with E-state index in [1.807, 2.05) is 0 Å². The fraction of sp³-hybridized carbons (Fsp3) is 0.647. The number of rotatable bonds is 5. The standard InChI is InChI=1S/C17H24OS/c18-17(12-15-9-10-16(13-17)19-15)11-5-4-8-14-6-2-1-3-7-14/h1-3,6-7,15-16,18H,4-5,8-13H2. The molecule has 2 unspecified atom stereocenters. The molecule has 2 bridgehead atoms. The van der Waals surface area contributed by atoms with Crippen molar-refractivity contribution in [2.75, 3.05) is 0 Å². The molecule has 1 aromatic rings. The quantitative estimate of drug-likeness (QED) is 0.814. The van der Waals surface area contributed by atoms with Gasteiger partial charge in [0.05, 0.1) is 5.60 Å². The van der Waals surface area contributed by atoms with E-state index in [2.05, 4.69) is 42.1 Å². The summed E-state index contributed by atoms with van der Waals surface area (Å²) in [4.78, 5) is 0. The molecule has 2 fully saturated rings. The Hall–Kier alpha value is -0.470. The van der Waals surface area contributed by atoms with E-state index >= 15 is 0 Å². The topological polar surface area (TPSA) is 20.2 Å². The molecule has 2 heterocycles. The number of aryl methyl sites for hydroxylation is 1. The van der Waals surface area contributed by atoms with Crippen molar-refractivity contribution in [3.63, 3.8) is 0 Å². The SMILES string of the molecule is OC1(CCCCc2ccccc2)CC2CCC(C1)S2. The summed E-state index contributed by atoms with van der Waals surface area (Å²) in [5.41, 5.74) is 1.09. The van der Waals surface area contributed by atoms with Crippen LogP contribution in [0.25, 0.3) is 0 Å². The summed E-state index contributed by atoms with van der Waals surface area (Å²) < 4.78 is 0. The Kier molecular flexibility index (Phi) is 4.18. The normalized spacial score (nSPS) is 33.5. The van der Waals surface area contributed by atoms with Crippen molar-refractivity contribution in [2.45, 2.75) is 67.5 Å². The summed E-state index contributed by atoms with van der Waals surface area (Å²) in [5, 5.41) is 12.2. The fourth-order valence-corrected chi connectivity index (χ4v) is 5.54. The molecule has 0 amide bonds. The highest BCUT2D eigenvalue weighted by atomic mass is 32.2. The van der Waals surface area contributed by atoms with Crippen molar-refractivity contribution in [1.82, 2.24) is 0 Å². The molecule has 1 N–H and O–H groups in total. The Labute approximate surface area is 120 Å². The van der Waals surface area contributed by atoms with Crippen molar-refractivity contribution in [3.8, 4) is 0 Å². The highest BCUT2D eigenvalue weighted by Gasteiger charge is 2.42. The lowest BCUT2D eigenvalue weighted by molar-refractivity contribution is 0.0132. The van der Waals surface area contributed by atoms with Gasteiger partial charge in [-0.2, -0.15) is 11.8 Å². The first-order chi connectivity index (χ1) is 9.23. The number of benzene rings is 1. The zero-order valence-electron chi connectivity index (χ0n) is 11.6. The first kappa shape index (κ1) is 13.5. The molecule has 0 spiro atoms. The average molecular weight is 276 g/mol. The van der Waals surface area contributed by atoms with Gasteiger partial charge in [0.15, 0.2) is 0 Å². The van der Waals surface area contributed by atoms with Gasteiger partial charge >= 0.3 is 0 Å². The highest BCUT2D eigenvalue weighted by Crippen LogP contribution is 2.48. The summed E-state index contributed by atoms with van der Waals surface area (Å²) >= 11 is 2.13. The minimum absolute atomic E-state index is 0.340. The van der Waals surface area contributed by atoms with Gasteiger partial charge in [-0.25, -0.2) is 0 Å². The van der Waals surface area contributed by atoms with Gasteiger partial charge in [-0.1, -0.05) is 36.8 Å². The minimum Gasteiger partial charge on any atom is -0.390 e. The first-order valence-electron chi connectivity index (χ1n) is 7.65. The Morgan fingerprint density at radius 1 is 1.05 bits per heavy atom. The van der Waals surface area contributed by atoms with E-state index in [1.54, 1.807) is 0 Å². The Morgan fingerprint density at radius 2 is 1.74 bits per heavy atom. The Balaban J connectivity index is 1.42. The number of hydrogen-bond acceptors (Lipinski definition) is 2. The Morgan fingerprint density at radius 3 is 2.42 bits per heavy atom. The van der Waals surface area contributed by atoms with Gasteiger partial charge in [0, 0.05) is 10.5 Å². The van der Waals surface area contributed by atoms with Crippen LogP contribution >= 0.6 is 11.8 Å². The van der Waals surface area contributed by atoms with Crippen molar-refractivity contribution in [2.24, 2.45) is 0 Å². The molecule has 104 valence electrons. The molecule has 2 heteroatoms. The second-order valence-corrected chi connectivity index (χ2v) is 7.89. The van der Waals surface area contributed by atoms with Crippen LogP contribution in [0.5, 0.6) is 0 Å². The first-order valence-corrected chi connectivity index (χ1v) is 8.60. The van der Waals surface area contributed by atoms with Crippen LogP contribution < -0.4 is 0 Å². The molecular formula is C17H24OS. The van der Waals surface area contributed by atoms with Crippen LogP contribution in [0.15, 0.2) is 30.3 Å². The molecule has 2 atom stereocenters. The van der Waals surface area contributed by atoms with Crippen LogP contribution in [0.3, 0.4) is 0 Å². The lowest BCUT2D eigenvalue weighted by Crippen LogP contribution is -2.37. The number of hydrogen-bond donors (Lipinski definition) is 1. The molecule has 2 aliphatic heterocycles. The molecule has 2 saturated heterocycles. The average Bonchev–Trinajstić information content (AvgIpc) is 2.76. The van der Waals surface area contributed by atoms with E-state index in [4.69, 9.17) is 0 Å². The minimum atomic E-state index is -0.340. The van der Waals surface area contributed by atoms with Crippen molar-refractivity contribution >= 4 is 11.8 Å². The maximum Gasteiger partial charge on any atom is 0.0668 e. The Bertz CT molecular complexity index is 391. The fourth-order valence-electron chi connectivity index (χ4n) is 3.64. The molecule has 1 aromatic carbocycles. The molecule has 0 saturated carbocycles. The van der Waals surface area contributed by atoms with E-state index in [0.29, 0.717) is 0 Å². The second-order valence-electron chi connectivity index (χ2n) is 6.28. The van der Waals surface area contributed by atoms with E-state index < -0.39 is 0 Å². The number of fused-ring (bicyclic) bond motifs is 2. The lowest BCUT2D eigenvalue weighted by atomic mass is 9.87. The van der Waals surface area contributed by atoms with Gasteiger partial charge in [0.1, 0.15) is 0 Å². The summed E-state index contributed by atoms with van der Waals surface area (Å²) in [7, 11) is 0. The third kappa shape index (κ3) is 3.55. The van der Waals surface area contributed by atoms with Crippen LogP contribution in [0.1, 0.15) is 50.5 Å². The summed E-state index contributed by atoms with van der Waals surface area (Å²) in [6.07, 6.45) is 9.28. The lowest BCUT2D eigenvalue weighted by Gasteiger charge is -2.36. The van der Waals surface area contributed by atoms with Crippen molar-refractivity contribution < 1.29 is 5.11 Å². The molecule has 0 aliphatic carbocycles. The van der Waals surface area contributed by atoms with Crippen molar-refractivity contribution in [1.29, 1.82) is 0 Å². The van der Waals surface area contributed by atoms with Crippen LogP contribution in [0.4, 0.5) is 0 Å². The van der Waals surface area contributed by atoms with E-state index in [-0.39, 0.29) is 5.60 Å². The van der Waals surface area contributed by atoms with Gasteiger partial charge in [-0.3, -0.25) is 0 Å². The predicted octanol–water partition coefficient (Wildman–Crippen LogP) is 4.19. The smallest absolute Gasteiger partial charge is 0.0668 e. The van der Waals surface area contributed by atoms with Crippen LogP contribution in [-0.4, -0.2) is 21.2 Å². The molecule has 19 heavy (non-hydrogen) atoms. The van der Waals surface area contributed by atoms with E-state index in [0.717, 1.165) is 42.6 Å². The zero-order chi connectivity index (χ0) is 13.1. The molecule has 1 nitrogen and oxygen atoms in total. The molecule has 2 aliphatic rings. The number of aliphatic hydroxyl groups is 1. The van der Waals surface area contributed by atoms with Crippen molar-refractivity contribution in [3.05, 3.63) is 35.9 Å². The van der Waals surface area contributed by atoms with Gasteiger partial charge in [0.25, 0.3) is 0 Å². The van der Waals surface area contributed by atoms with Gasteiger partial charge < -0.3 is 5.11 Å². The highest BCUT2D eigenvalue weighted by molar-refractivity contribution is 8.00. The van der Waals surface area contributed by atoms with Crippen LogP contribution in [0.2, 0.25) is 0 Å². The molecular weight excluding hydrogens is 252 g/mol. The van der Waals surface area contributed by atoms with E-state index in [9.17, 15) is 5.11 Å². The molecule has 0 radical (unpaired) electrons. The second kappa shape index (κ2) is 5.88. The van der Waals surface area contributed by atoms with Gasteiger partial charge in [0.2, 0.25) is 0 Å². The van der Waals surface area contributed by atoms with E-state index in [1.165, 1.54) is 24.8 Å². The molecule has 3 rings (SSSR count). The van der Waals surface area contributed by atoms with Crippen LogP contribution in [-0.2, 0) is 6.42 Å². The predicted molar refractivity (Wildman–Crippen MR) is 82.6 cm³/mol. The summed E-state index contributed by atoms with van der Waals surface area (Å²) in [5.74, 6) is 0. The third-order valence-corrected chi connectivity index (χ3v) is 6.19. The summed E-state index contributed by atoms with van der Waals surface area (Å²) in [6, 6.07) is 10.7. The maximum absolute atomic E-state index is 10.7. The number of unbranched alkanes of at least 4 members (excludes halogenated alkanes) is 1. The zero-order valence-corrected chi connectivity index (χ0v) is 12.4. The third-order valence-electron chi connectivity index (χ3n) is 4.61. The molecule has 0 aromatic heterocycles. The monoisotopic (exact) mass is 276 g/mol. The maximum atomic E-state index is 10.7. The van der Waals surface area contributed by atoms with Crippen LogP contribution in [0, 0.1) is 0 Å². The van der Waals surface area contributed by atoms with Gasteiger partial charge in [-0.15, -0.1) is 0 Å². The van der Waals surface area contributed by atoms with Gasteiger partial charge in [-0.05, 0) is 50.5 Å². The number of thioether (sulfide) groups is 1. The largest absolute Gasteiger partial charge is 0.390 e. The summed E-state index contributed by atoms with van der Waals surface area (Å²) in [6.45, 7) is 0.